The molecule has 6 heteroatoms. The minimum Gasteiger partial charge on any atom is -0.370 e. The Morgan fingerprint density at radius 3 is 2.87 bits per heavy atom. The highest BCUT2D eigenvalue weighted by molar-refractivity contribution is 7.07. The molecular weight excluding hydrogens is 210 g/mol. The van der Waals surface area contributed by atoms with E-state index in [4.69, 9.17) is 16.6 Å². The minimum absolute atomic E-state index is 0.136. The van der Waals surface area contributed by atoms with Gasteiger partial charge < -0.3 is 11.1 Å². The summed E-state index contributed by atoms with van der Waals surface area (Å²) >= 11 is 1.66. The van der Waals surface area contributed by atoms with Gasteiger partial charge in [0.25, 0.3) is 0 Å². The number of nitrogens with one attached hydrogen (secondary N) is 3. The first-order valence-electron chi connectivity index (χ1n) is 4.52. The van der Waals surface area contributed by atoms with E-state index in [9.17, 15) is 0 Å². The summed E-state index contributed by atoms with van der Waals surface area (Å²) in [4.78, 5) is 1.29. The van der Waals surface area contributed by atoms with Gasteiger partial charge in [-0.05, 0) is 28.8 Å². The maximum Gasteiger partial charge on any atom is 0.197 e. The van der Waals surface area contributed by atoms with Crippen molar-refractivity contribution in [3.05, 3.63) is 22.4 Å². The van der Waals surface area contributed by atoms with Crippen LogP contribution in [0.3, 0.4) is 0 Å². The topological polar surface area (TPSA) is 89.0 Å². The van der Waals surface area contributed by atoms with Crippen LogP contribution in [0.15, 0.2) is 16.8 Å². The zero-order valence-electron chi connectivity index (χ0n) is 8.58. The molecule has 0 aliphatic carbocycles. The Morgan fingerprint density at radius 2 is 2.33 bits per heavy atom. The van der Waals surface area contributed by atoms with Gasteiger partial charge in [-0.1, -0.05) is 0 Å². The van der Waals surface area contributed by atoms with Crippen LogP contribution in [0.4, 0.5) is 0 Å². The van der Waals surface area contributed by atoms with E-state index in [0.29, 0.717) is 6.54 Å². The summed E-state index contributed by atoms with van der Waals surface area (Å²) in [5.41, 5.74) is 6.49. The van der Waals surface area contributed by atoms with Crippen LogP contribution in [0.25, 0.3) is 0 Å². The van der Waals surface area contributed by atoms with Crippen molar-refractivity contribution in [2.45, 2.75) is 6.42 Å². The smallest absolute Gasteiger partial charge is 0.197 e. The van der Waals surface area contributed by atoms with E-state index in [0.717, 1.165) is 6.42 Å². The van der Waals surface area contributed by atoms with Crippen molar-refractivity contribution in [2.24, 2.45) is 5.73 Å². The van der Waals surface area contributed by atoms with Gasteiger partial charge in [-0.15, -0.1) is 0 Å². The largest absolute Gasteiger partial charge is 0.370 e. The van der Waals surface area contributed by atoms with E-state index >= 15 is 0 Å². The summed E-state index contributed by atoms with van der Waals surface area (Å²) in [7, 11) is 1.59. The lowest BCUT2D eigenvalue weighted by Gasteiger charge is -2.18. The molecular formula is C9H15N5S. The Labute approximate surface area is 92.9 Å². The molecule has 0 spiro atoms. The summed E-state index contributed by atoms with van der Waals surface area (Å²) in [5.74, 6) is 0.0146. The molecule has 0 atom stereocenters. The molecule has 15 heavy (non-hydrogen) atoms. The van der Waals surface area contributed by atoms with Gasteiger partial charge in [-0.2, -0.15) is 11.3 Å². The van der Waals surface area contributed by atoms with Crippen molar-refractivity contribution in [3.8, 4) is 0 Å². The van der Waals surface area contributed by atoms with Crippen LogP contribution in [0.2, 0.25) is 0 Å². The molecule has 0 aromatic carbocycles. The van der Waals surface area contributed by atoms with Gasteiger partial charge in [0.15, 0.2) is 11.9 Å². The Bertz CT molecular complexity index is 332. The van der Waals surface area contributed by atoms with E-state index in [1.54, 1.807) is 18.4 Å². The average molecular weight is 225 g/mol. The second-order valence-electron chi connectivity index (χ2n) is 3.10. The van der Waals surface area contributed by atoms with Gasteiger partial charge in [0.1, 0.15) is 0 Å². The number of hydrogen-bond acceptors (Lipinski definition) is 3. The lowest BCUT2D eigenvalue weighted by atomic mass is 10.2. The highest BCUT2D eigenvalue weighted by Gasteiger charge is 2.05. The third kappa shape index (κ3) is 3.59. The molecule has 1 aromatic rings. The molecule has 5 nitrogen and oxygen atoms in total. The molecule has 0 radical (unpaired) electrons. The molecule has 1 aromatic heterocycles. The Morgan fingerprint density at radius 1 is 1.60 bits per heavy atom. The van der Waals surface area contributed by atoms with Gasteiger partial charge >= 0.3 is 0 Å². The van der Waals surface area contributed by atoms with Crippen LogP contribution in [-0.4, -0.2) is 30.4 Å². The van der Waals surface area contributed by atoms with Gasteiger partial charge in [0.2, 0.25) is 0 Å². The average Bonchev–Trinajstić information content (AvgIpc) is 2.69. The molecule has 1 rings (SSSR count). The van der Waals surface area contributed by atoms with Crippen molar-refractivity contribution in [2.75, 3.05) is 13.6 Å². The highest BCUT2D eigenvalue weighted by Crippen LogP contribution is 2.05. The number of nitrogens with two attached hydrogens (primary N) is 1. The lowest BCUT2D eigenvalue weighted by Crippen LogP contribution is -2.45. The van der Waals surface area contributed by atoms with Crippen molar-refractivity contribution in [1.29, 1.82) is 10.8 Å². The Balaban J connectivity index is 2.26. The van der Waals surface area contributed by atoms with Crippen molar-refractivity contribution >= 4 is 23.3 Å². The van der Waals surface area contributed by atoms with Crippen molar-refractivity contribution in [3.63, 3.8) is 0 Å². The van der Waals surface area contributed by atoms with E-state index in [1.165, 1.54) is 10.5 Å². The number of thiophene rings is 1. The SMILES string of the molecule is CN(C(=N)N)C(=N)NCCc1ccsc1. The van der Waals surface area contributed by atoms with Crippen LogP contribution in [0.5, 0.6) is 0 Å². The second kappa shape index (κ2) is 5.35. The third-order valence-electron chi connectivity index (χ3n) is 1.98. The first-order chi connectivity index (χ1) is 7.11. The lowest BCUT2D eigenvalue weighted by molar-refractivity contribution is 0.668. The Hall–Kier alpha value is -1.56. The highest BCUT2D eigenvalue weighted by atomic mass is 32.1. The van der Waals surface area contributed by atoms with E-state index < -0.39 is 0 Å². The standard InChI is InChI=1S/C9H15N5S/c1-14(8(10)11)9(12)13-4-2-7-3-5-15-6-7/h3,5-6H,2,4H2,1H3,(H3,10,11)(H2,12,13). The second-order valence-corrected chi connectivity index (χ2v) is 3.88. The molecule has 0 aliphatic rings. The zero-order chi connectivity index (χ0) is 11.3. The van der Waals surface area contributed by atoms with Gasteiger partial charge in [0, 0.05) is 13.6 Å². The molecule has 0 unspecified atom stereocenters. The maximum atomic E-state index is 7.55. The normalized spacial score (nSPS) is 9.67. The minimum atomic E-state index is -0.136. The predicted molar refractivity (Wildman–Crippen MR) is 63.4 cm³/mol. The summed E-state index contributed by atoms with van der Waals surface area (Å²) in [6.07, 6.45) is 0.873. The number of nitrogens with zero attached hydrogens (tertiary/aromatic N) is 1. The molecule has 1 heterocycles. The summed E-state index contributed by atoms with van der Waals surface area (Å²) < 4.78 is 0. The van der Waals surface area contributed by atoms with E-state index in [-0.39, 0.29) is 11.9 Å². The molecule has 0 aliphatic heterocycles. The summed E-state index contributed by atoms with van der Waals surface area (Å²) in [6.45, 7) is 0.674. The van der Waals surface area contributed by atoms with Gasteiger partial charge in [0.05, 0.1) is 0 Å². The summed E-state index contributed by atoms with van der Waals surface area (Å²) in [5, 5.41) is 21.7. The fraction of sp³-hybridized carbons (Fsp3) is 0.333. The number of guanidine groups is 2. The third-order valence-corrected chi connectivity index (χ3v) is 2.72. The van der Waals surface area contributed by atoms with Crippen molar-refractivity contribution in [1.82, 2.24) is 10.2 Å². The van der Waals surface area contributed by atoms with Crippen LogP contribution in [0.1, 0.15) is 5.56 Å². The Kier molecular flexibility index (Phi) is 4.11. The van der Waals surface area contributed by atoms with Gasteiger partial charge in [-0.25, -0.2) is 0 Å². The molecule has 0 fully saturated rings. The van der Waals surface area contributed by atoms with Crippen LogP contribution in [-0.2, 0) is 6.42 Å². The van der Waals surface area contributed by atoms with Crippen LogP contribution >= 0.6 is 11.3 Å². The fourth-order valence-electron chi connectivity index (χ4n) is 0.999. The zero-order valence-corrected chi connectivity index (χ0v) is 9.40. The fourth-order valence-corrected chi connectivity index (χ4v) is 1.70. The molecule has 0 saturated heterocycles. The molecule has 5 N–H and O–H groups in total. The predicted octanol–water partition coefficient (Wildman–Crippen LogP) is 0.640. The monoisotopic (exact) mass is 225 g/mol. The molecule has 0 saturated carbocycles. The van der Waals surface area contributed by atoms with Crippen molar-refractivity contribution < 1.29 is 0 Å². The number of hydrogen-bond donors (Lipinski definition) is 4. The van der Waals surface area contributed by atoms with E-state index in [2.05, 4.69) is 16.8 Å². The van der Waals surface area contributed by atoms with Crippen LogP contribution in [0, 0.1) is 10.8 Å². The van der Waals surface area contributed by atoms with Crippen LogP contribution < -0.4 is 11.1 Å². The quantitative estimate of drug-likeness (QED) is 0.449. The maximum absolute atomic E-state index is 7.55. The molecule has 0 amide bonds. The first kappa shape index (κ1) is 11.5. The van der Waals surface area contributed by atoms with E-state index in [1.807, 2.05) is 5.38 Å². The first-order valence-corrected chi connectivity index (χ1v) is 5.47. The number of rotatable bonds is 3. The molecule has 0 bridgehead atoms. The molecule has 82 valence electrons. The summed E-state index contributed by atoms with van der Waals surface area (Å²) in [6, 6.07) is 2.06. The van der Waals surface area contributed by atoms with Gasteiger partial charge in [-0.3, -0.25) is 15.7 Å².